The maximum atomic E-state index is 11.8. The van der Waals surface area contributed by atoms with Gasteiger partial charge in [0.15, 0.2) is 0 Å². The summed E-state index contributed by atoms with van der Waals surface area (Å²) in [6, 6.07) is 8.71. The minimum absolute atomic E-state index is 0.0163. The number of amides is 3. The van der Waals surface area contributed by atoms with E-state index in [0.29, 0.717) is 6.42 Å². The van der Waals surface area contributed by atoms with Crippen LogP contribution in [0.15, 0.2) is 30.3 Å². The molecule has 0 fully saturated rings. The Labute approximate surface area is 117 Å². The largest absolute Gasteiger partial charge is 0.370 e. The highest BCUT2D eigenvalue weighted by Gasteiger charge is 2.20. The van der Waals surface area contributed by atoms with Crippen molar-refractivity contribution in [2.24, 2.45) is 5.73 Å². The zero-order valence-corrected chi connectivity index (χ0v) is 11.4. The fourth-order valence-electron chi connectivity index (χ4n) is 1.74. The molecule has 0 heterocycles. The number of hydrogen-bond acceptors (Lipinski definition) is 3. The Morgan fingerprint density at radius 1 is 1.15 bits per heavy atom. The first-order chi connectivity index (χ1) is 9.52. The summed E-state index contributed by atoms with van der Waals surface area (Å²) >= 11 is 0. The van der Waals surface area contributed by atoms with Crippen LogP contribution in [0.4, 0.5) is 0 Å². The van der Waals surface area contributed by atoms with Crippen molar-refractivity contribution < 1.29 is 14.4 Å². The molecule has 3 amide bonds. The maximum absolute atomic E-state index is 11.8. The molecule has 0 aliphatic rings. The number of hydrogen-bond donors (Lipinski definition) is 3. The Hall–Kier alpha value is -2.37. The standard InChI is InChI=1S/C14H19N3O3/c1-16-14(20)11(9-10-5-3-2-4-6-10)17-13(19)8-7-12(15)18/h2-6,11H,7-9H2,1H3,(H2,15,18)(H,16,20)(H,17,19)/t11-/m0/s1. The number of carbonyl (C=O) groups excluding carboxylic acids is 3. The summed E-state index contributed by atoms with van der Waals surface area (Å²) in [5.41, 5.74) is 5.92. The van der Waals surface area contributed by atoms with Crippen LogP contribution >= 0.6 is 0 Å². The normalized spacial score (nSPS) is 11.4. The van der Waals surface area contributed by atoms with Gasteiger partial charge in [-0.05, 0) is 5.56 Å². The van der Waals surface area contributed by atoms with E-state index in [1.165, 1.54) is 7.05 Å². The van der Waals surface area contributed by atoms with Gasteiger partial charge >= 0.3 is 0 Å². The van der Waals surface area contributed by atoms with Crippen molar-refractivity contribution in [2.45, 2.75) is 25.3 Å². The van der Waals surface area contributed by atoms with Crippen molar-refractivity contribution in [1.82, 2.24) is 10.6 Å². The Morgan fingerprint density at radius 3 is 2.35 bits per heavy atom. The maximum Gasteiger partial charge on any atom is 0.242 e. The SMILES string of the molecule is CNC(=O)[C@H](Cc1ccccc1)NC(=O)CCC(N)=O. The summed E-state index contributed by atoms with van der Waals surface area (Å²) in [5, 5.41) is 5.12. The predicted molar refractivity (Wildman–Crippen MR) is 74.6 cm³/mol. The fraction of sp³-hybridized carbons (Fsp3) is 0.357. The number of primary amides is 1. The van der Waals surface area contributed by atoms with E-state index in [1.807, 2.05) is 30.3 Å². The highest BCUT2D eigenvalue weighted by atomic mass is 16.2. The summed E-state index contributed by atoms with van der Waals surface area (Å²) in [6.45, 7) is 0. The zero-order valence-electron chi connectivity index (χ0n) is 11.4. The number of benzene rings is 1. The van der Waals surface area contributed by atoms with Crippen molar-refractivity contribution in [3.63, 3.8) is 0 Å². The van der Waals surface area contributed by atoms with E-state index < -0.39 is 11.9 Å². The van der Waals surface area contributed by atoms with Gasteiger partial charge < -0.3 is 16.4 Å². The fourth-order valence-corrected chi connectivity index (χ4v) is 1.74. The molecule has 0 radical (unpaired) electrons. The van der Waals surface area contributed by atoms with E-state index >= 15 is 0 Å². The zero-order chi connectivity index (χ0) is 15.0. The number of rotatable bonds is 7. The molecular formula is C14H19N3O3. The second-order valence-electron chi connectivity index (χ2n) is 4.39. The number of carbonyl (C=O) groups is 3. The molecule has 4 N–H and O–H groups in total. The third-order valence-electron chi connectivity index (χ3n) is 2.78. The summed E-state index contributed by atoms with van der Waals surface area (Å²) in [5.74, 6) is -1.19. The molecule has 0 unspecified atom stereocenters. The highest BCUT2D eigenvalue weighted by Crippen LogP contribution is 2.04. The Balaban J connectivity index is 2.63. The third kappa shape index (κ3) is 5.51. The number of nitrogens with one attached hydrogen (secondary N) is 2. The van der Waals surface area contributed by atoms with Gasteiger partial charge in [-0.3, -0.25) is 14.4 Å². The molecule has 0 saturated heterocycles. The van der Waals surface area contributed by atoms with Gasteiger partial charge in [-0.1, -0.05) is 30.3 Å². The van der Waals surface area contributed by atoms with E-state index in [4.69, 9.17) is 5.73 Å². The topological polar surface area (TPSA) is 101 Å². The van der Waals surface area contributed by atoms with Gasteiger partial charge in [-0.15, -0.1) is 0 Å². The van der Waals surface area contributed by atoms with Crippen LogP contribution in [0, 0.1) is 0 Å². The molecule has 1 rings (SSSR count). The minimum Gasteiger partial charge on any atom is -0.370 e. The van der Waals surface area contributed by atoms with E-state index in [9.17, 15) is 14.4 Å². The molecule has 6 heteroatoms. The quantitative estimate of drug-likeness (QED) is 0.639. The van der Waals surface area contributed by atoms with Gasteiger partial charge in [0.25, 0.3) is 0 Å². The van der Waals surface area contributed by atoms with Gasteiger partial charge in [-0.25, -0.2) is 0 Å². The van der Waals surface area contributed by atoms with Gasteiger partial charge in [0.2, 0.25) is 17.7 Å². The first kappa shape index (κ1) is 15.7. The number of likely N-dealkylation sites (N-methyl/N-ethyl adjacent to an activating group) is 1. The Morgan fingerprint density at radius 2 is 1.80 bits per heavy atom. The van der Waals surface area contributed by atoms with Crippen molar-refractivity contribution >= 4 is 17.7 Å². The van der Waals surface area contributed by atoms with E-state index in [0.717, 1.165) is 5.56 Å². The van der Waals surface area contributed by atoms with Crippen LogP contribution in [-0.2, 0) is 20.8 Å². The summed E-state index contributed by atoms with van der Waals surface area (Å²) in [6.07, 6.45) is 0.345. The lowest BCUT2D eigenvalue weighted by atomic mass is 10.0. The van der Waals surface area contributed by atoms with Crippen LogP contribution < -0.4 is 16.4 Å². The molecule has 0 saturated carbocycles. The summed E-state index contributed by atoms with van der Waals surface area (Å²) in [7, 11) is 1.51. The molecular weight excluding hydrogens is 258 g/mol. The van der Waals surface area contributed by atoms with Gasteiger partial charge in [0.05, 0.1) is 0 Å². The molecule has 1 aromatic rings. The molecule has 0 aliphatic carbocycles. The van der Waals surface area contributed by atoms with Crippen LogP contribution in [-0.4, -0.2) is 30.8 Å². The van der Waals surface area contributed by atoms with Crippen LogP contribution in [0.5, 0.6) is 0 Å². The third-order valence-corrected chi connectivity index (χ3v) is 2.78. The lowest BCUT2D eigenvalue weighted by Gasteiger charge is -2.17. The summed E-state index contributed by atoms with van der Waals surface area (Å²) < 4.78 is 0. The number of nitrogens with two attached hydrogens (primary N) is 1. The molecule has 1 atom stereocenters. The van der Waals surface area contributed by atoms with Gasteiger partial charge in [-0.2, -0.15) is 0 Å². The molecule has 0 aromatic heterocycles. The molecule has 1 aromatic carbocycles. The Bertz CT molecular complexity index is 474. The molecule has 0 spiro atoms. The smallest absolute Gasteiger partial charge is 0.242 e. The molecule has 20 heavy (non-hydrogen) atoms. The van der Waals surface area contributed by atoms with E-state index in [-0.39, 0.29) is 24.7 Å². The molecule has 6 nitrogen and oxygen atoms in total. The first-order valence-corrected chi connectivity index (χ1v) is 6.36. The van der Waals surface area contributed by atoms with Crippen molar-refractivity contribution in [1.29, 1.82) is 0 Å². The lowest BCUT2D eigenvalue weighted by molar-refractivity contribution is -0.129. The monoisotopic (exact) mass is 277 g/mol. The van der Waals surface area contributed by atoms with Crippen molar-refractivity contribution in [2.75, 3.05) is 7.05 Å². The van der Waals surface area contributed by atoms with Crippen molar-refractivity contribution in [3.8, 4) is 0 Å². The van der Waals surface area contributed by atoms with Gasteiger partial charge in [0, 0.05) is 26.3 Å². The second-order valence-corrected chi connectivity index (χ2v) is 4.39. The average molecular weight is 277 g/mol. The minimum atomic E-state index is -0.664. The Kier molecular flexibility index (Phi) is 6.22. The van der Waals surface area contributed by atoms with Crippen LogP contribution in [0.2, 0.25) is 0 Å². The highest BCUT2D eigenvalue weighted by molar-refractivity contribution is 5.89. The van der Waals surface area contributed by atoms with Crippen LogP contribution in [0.25, 0.3) is 0 Å². The van der Waals surface area contributed by atoms with Crippen LogP contribution in [0.3, 0.4) is 0 Å². The van der Waals surface area contributed by atoms with E-state index in [2.05, 4.69) is 10.6 Å². The molecule has 0 aliphatic heterocycles. The predicted octanol–water partition coefficient (Wildman–Crippen LogP) is -0.275. The van der Waals surface area contributed by atoms with Gasteiger partial charge in [0.1, 0.15) is 6.04 Å². The van der Waals surface area contributed by atoms with Crippen LogP contribution in [0.1, 0.15) is 18.4 Å². The van der Waals surface area contributed by atoms with Crippen molar-refractivity contribution in [3.05, 3.63) is 35.9 Å². The molecule has 0 bridgehead atoms. The second kappa shape index (κ2) is 7.93. The first-order valence-electron chi connectivity index (χ1n) is 6.36. The average Bonchev–Trinajstić information content (AvgIpc) is 2.44. The van der Waals surface area contributed by atoms with E-state index in [1.54, 1.807) is 0 Å². The lowest BCUT2D eigenvalue weighted by Crippen LogP contribution is -2.47. The molecule has 108 valence electrons. The summed E-state index contributed by atoms with van der Waals surface area (Å²) in [4.78, 5) is 34.1.